The number of carbonyl (C=O) groups is 2. The summed E-state index contributed by atoms with van der Waals surface area (Å²) in [5.41, 5.74) is 0. The molecular formula is C13H23N3O2. The highest BCUT2D eigenvalue weighted by molar-refractivity contribution is 5.92. The van der Waals surface area contributed by atoms with Gasteiger partial charge in [0.25, 0.3) is 0 Å². The lowest BCUT2D eigenvalue weighted by Gasteiger charge is -2.35. The Morgan fingerprint density at radius 3 is 2.50 bits per heavy atom. The summed E-state index contributed by atoms with van der Waals surface area (Å²) in [5, 5.41) is 3.32. The molecule has 1 saturated heterocycles. The molecule has 0 bridgehead atoms. The van der Waals surface area contributed by atoms with Crippen molar-refractivity contribution in [3.8, 4) is 0 Å². The maximum absolute atomic E-state index is 11.9. The van der Waals surface area contributed by atoms with Crippen molar-refractivity contribution in [2.45, 2.75) is 31.7 Å². The molecule has 102 valence electrons. The summed E-state index contributed by atoms with van der Waals surface area (Å²) in [6.07, 6.45) is 5.06. The highest BCUT2D eigenvalue weighted by atomic mass is 16.2. The van der Waals surface area contributed by atoms with Crippen LogP contribution in [0.25, 0.3) is 0 Å². The van der Waals surface area contributed by atoms with Crippen LogP contribution in [0.1, 0.15) is 25.7 Å². The maximum atomic E-state index is 11.9. The lowest BCUT2D eigenvalue weighted by Crippen LogP contribution is -2.56. The number of amides is 2. The van der Waals surface area contributed by atoms with Crippen LogP contribution in [-0.2, 0) is 9.59 Å². The van der Waals surface area contributed by atoms with Gasteiger partial charge in [0.1, 0.15) is 0 Å². The second kappa shape index (κ2) is 5.69. The first kappa shape index (κ1) is 13.3. The first-order chi connectivity index (χ1) is 8.61. The number of carbonyl (C=O) groups excluding carboxylic acids is 2. The van der Waals surface area contributed by atoms with E-state index in [1.165, 1.54) is 30.6 Å². The molecule has 2 rings (SSSR count). The standard InChI is InChI=1S/C13H23N3O2/c1-14-11(10-5-3-4-6-10)7-16-9-12(17)15(2)8-13(16)18/h10-11,14H,3-9H2,1-2H3. The highest BCUT2D eigenvalue weighted by Gasteiger charge is 2.31. The Labute approximate surface area is 108 Å². The van der Waals surface area contributed by atoms with Crippen molar-refractivity contribution in [2.75, 3.05) is 33.7 Å². The fourth-order valence-electron chi connectivity index (χ4n) is 3.00. The number of hydrogen-bond acceptors (Lipinski definition) is 3. The van der Waals surface area contributed by atoms with E-state index >= 15 is 0 Å². The van der Waals surface area contributed by atoms with Gasteiger partial charge < -0.3 is 15.1 Å². The van der Waals surface area contributed by atoms with Crippen LogP contribution in [0.15, 0.2) is 0 Å². The van der Waals surface area contributed by atoms with Crippen LogP contribution in [-0.4, -0.2) is 61.4 Å². The molecule has 2 fully saturated rings. The number of likely N-dealkylation sites (N-methyl/N-ethyl adjacent to an activating group) is 2. The number of hydrogen-bond donors (Lipinski definition) is 1. The van der Waals surface area contributed by atoms with E-state index in [0.29, 0.717) is 18.5 Å². The van der Waals surface area contributed by atoms with Crippen molar-refractivity contribution in [1.29, 1.82) is 0 Å². The largest absolute Gasteiger partial charge is 0.335 e. The predicted molar refractivity (Wildman–Crippen MR) is 69.0 cm³/mol. The summed E-state index contributed by atoms with van der Waals surface area (Å²) >= 11 is 0. The van der Waals surface area contributed by atoms with Gasteiger partial charge in [-0.25, -0.2) is 0 Å². The molecule has 1 aliphatic heterocycles. The first-order valence-corrected chi connectivity index (χ1v) is 6.81. The lowest BCUT2D eigenvalue weighted by molar-refractivity contribution is -0.149. The second-order valence-corrected chi connectivity index (χ2v) is 5.46. The van der Waals surface area contributed by atoms with Gasteiger partial charge in [-0.05, 0) is 25.8 Å². The molecule has 1 N–H and O–H groups in total. The van der Waals surface area contributed by atoms with E-state index < -0.39 is 0 Å². The first-order valence-electron chi connectivity index (χ1n) is 6.81. The van der Waals surface area contributed by atoms with E-state index in [4.69, 9.17) is 0 Å². The molecule has 0 spiro atoms. The number of piperazine rings is 1. The van der Waals surface area contributed by atoms with Crippen molar-refractivity contribution in [3.63, 3.8) is 0 Å². The monoisotopic (exact) mass is 253 g/mol. The Morgan fingerprint density at radius 2 is 1.89 bits per heavy atom. The van der Waals surface area contributed by atoms with E-state index in [0.717, 1.165) is 0 Å². The second-order valence-electron chi connectivity index (χ2n) is 5.46. The molecule has 5 nitrogen and oxygen atoms in total. The Kier molecular flexibility index (Phi) is 4.22. The van der Waals surface area contributed by atoms with Gasteiger partial charge in [0.05, 0.1) is 13.1 Å². The Morgan fingerprint density at radius 1 is 1.22 bits per heavy atom. The summed E-state index contributed by atoms with van der Waals surface area (Å²) in [4.78, 5) is 26.8. The fourth-order valence-corrected chi connectivity index (χ4v) is 3.00. The summed E-state index contributed by atoms with van der Waals surface area (Å²) in [5.74, 6) is 0.754. The van der Waals surface area contributed by atoms with Gasteiger partial charge in [0.15, 0.2) is 0 Å². The smallest absolute Gasteiger partial charge is 0.242 e. The molecule has 0 aromatic rings. The van der Waals surface area contributed by atoms with E-state index in [1.807, 2.05) is 7.05 Å². The summed E-state index contributed by atoms with van der Waals surface area (Å²) in [7, 11) is 3.63. The topological polar surface area (TPSA) is 52.7 Å². The van der Waals surface area contributed by atoms with Gasteiger partial charge in [-0.2, -0.15) is 0 Å². The summed E-state index contributed by atoms with van der Waals surface area (Å²) in [6, 6.07) is 0.327. The zero-order valence-electron chi connectivity index (χ0n) is 11.3. The van der Waals surface area contributed by atoms with Crippen LogP contribution in [0.5, 0.6) is 0 Å². The zero-order valence-corrected chi connectivity index (χ0v) is 11.3. The lowest BCUT2D eigenvalue weighted by atomic mass is 9.97. The molecule has 0 aromatic heterocycles. The minimum atomic E-state index is 0.0378. The molecular weight excluding hydrogens is 230 g/mol. The quantitative estimate of drug-likeness (QED) is 0.771. The molecule has 1 aliphatic carbocycles. The molecule has 18 heavy (non-hydrogen) atoms. The molecule has 0 radical (unpaired) electrons. The van der Waals surface area contributed by atoms with Crippen molar-refractivity contribution >= 4 is 11.8 Å². The highest BCUT2D eigenvalue weighted by Crippen LogP contribution is 2.28. The van der Waals surface area contributed by atoms with Gasteiger partial charge in [-0.15, -0.1) is 0 Å². The van der Waals surface area contributed by atoms with E-state index in [2.05, 4.69) is 5.32 Å². The Hall–Kier alpha value is -1.10. The van der Waals surface area contributed by atoms with E-state index in [-0.39, 0.29) is 24.9 Å². The normalized spacial score (nSPS) is 23.9. The average Bonchev–Trinajstić information content (AvgIpc) is 2.85. The molecule has 1 atom stereocenters. The van der Waals surface area contributed by atoms with Crippen LogP contribution < -0.4 is 5.32 Å². The fraction of sp³-hybridized carbons (Fsp3) is 0.846. The Bertz CT molecular complexity index is 326. The van der Waals surface area contributed by atoms with E-state index in [9.17, 15) is 9.59 Å². The SMILES string of the molecule is CNC(CN1CC(=O)N(C)CC1=O)C1CCCC1. The van der Waals surface area contributed by atoms with Crippen molar-refractivity contribution in [1.82, 2.24) is 15.1 Å². The molecule has 2 amide bonds. The third-order valence-electron chi connectivity index (χ3n) is 4.23. The zero-order chi connectivity index (χ0) is 13.1. The molecule has 5 heteroatoms. The Balaban J connectivity index is 1.94. The van der Waals surface area contributed by atoms with Crippen molar-refractivity contribution < 1.29 is 9.59 Å². The minimum Gasteiger partial charge on any atom is -0.335 e. The van der Waals surface area contributed by atoms with Crippen LogP contribution in [0.2, 0.25) is 0 Å². The van der Waals surface area contributed by atoms with Crippen LogP contribution in [0, 0.1) is 5.92 Å². The van der Waals surface area contributed by atoms with Crippen LogP contribution in [0.4, 0.5) is 0 Å². The third kappa shape index (κ3) is 2.83. The molecule has 1 heterocycles. The molecule has 2 aliphatic rings. The van der Waals surface area contributed by atoms with Gasteiger partial charge in [0, 0.05) is 19.6 Å². The van der Waals surface area contributed by atoms with Crippen LogP contribution >= 0.6 is 0 Å². The van der Waals surface area contributed by atoms with Gasteiger partial charge >= 0.3 is 0 Å². The van der Waals surface area contributed by atoms with Gasteiger partial charge in [-0.1, -0.05) is 12.8 Å². The molecule has 1 saturated carbocycles. The number of nitrogens with one attached hydrogen (secondary N) is 1. The van der Waals surface area contributed by atoms with Crippen molar-refractivity contribution in [3.05, 3.63) is 0 Å². The molecule has 1 unspecified atom stereocenters. The van der Waals surface area contributed by atoms with Gasteiger partial charge in [-0.3, -0.25) is 9.59 Å². The summed E-state index contributed by atoms with van der Waals surface area (Å²) < 4.78 is 0. The van der Waals surface area contributed by atoms with Gasteiger partial charge in [0.2, 0.25) is 11.8 Å². The average molecular weight is 253 g/mol. The number of rotatable bonds is 4. The maximum Gasteiger partial charge on any atom is 0.242 e. The summed E-state index contributed by atoms with van der Waals surface area (Å²) in [6.45, 7) is 1.12. The third-order valence-corrected chi connectivity index (χ3v) is 4.23. The van der Waals surface area contributed by atoms with E-state index in [1.54, 1.807) is 11.9 Å². The predicted octanol–water partition coefficient (Wildman–Crippen LogP) is 0.0652. The van der Waals surface area contributed by atoms with Crippen molar-refractivity contribution in [2.24, 2.45) is 5.92 Å². The minimum absolute atomic E-state index is 0.0378. The van der Waals surface area contributed by atoms with Crippen LogP contribution in [0.3, 0.4) is 0 Å². The number of nitrogens with zero attached hydrogens (tertiary/aromatic N) is 2. The molecule has 0 aromatic carbocycles.